The molecule has 4 aliphatic heterocycles. The minimum absolute atomic E-state index is 0.0104. The van der Waals surface area contributed by atoms with Crippen molar-refractivity contribution in [1.82, 2.24) is 14.9 Å². The van der Waals surface area contributed by atoms with E-state index in [0.717, 1.165) is 81.6 Å². The van der Waals surface area contributed by atoms with Crippen molar-refractivity contribution in [2.45, 2.75) is 82.2 Å². The van der Waals surface area contributed by atoms with Crippen LogP contribution in [0.2, 0.25) is 5.02 Å². The molecule has 4 aromatic carbocycles. The zero-order chi connectivity index (χ0) is 46.9. The fraction of sp³-hybridized carbons (Fsp3) is 0.440. The van der Waals surface area contributed by atoms with Crippen LogP contribution in [0.1, 0.15) is 80.3 Å². The van der Waals surface area contributed by atoms with Gasteiger partial charge in [0, 0.05) is 92.1 Å². The molecule has 354 valence electrons. The summed E-state index contributed by atoms with van der Waals surface area (Å²) in [6.07, 6.45) is 6.19. The van der Waals surface area contributed by atoms with Gasteiger partial charge in [-0.2, -0.15) is 0 Å². The van der Waals surface area contributed by atoms with Crippen molar-refractivity contribution in [1.29, 1.82) is 0 Å². The van der Waals surface area contributed by atoms with Gasteiger partial charge in [0.05, 0.1) is 21.8 Å². The lowest BCUT2D eigenvalue weighted by molar-refractivity contribution is -0.384. The molecule has 1 aliphatic carbocycles. The topological polar surface area (TPSA) is 176 Å². The monoisotopic (exact) mass is 951 g/mol. The number of halogens is 1. The normalized spacial score (nSPS) is 19.4. The number of anilines is 3. The highest BCUT2D eigenvalue weighted by Crippen LogP contribution is 2.44. The first kappa shape index (κ1) is 46.6. The van der Waals surface area contributed by atoms with Crippen LogP contribution < -0.4 is 29.9 Å². The number of allylic oxidation sites excluding steroid dienone is 1. The lowest BCUT2D eigenvalue weighted by Gasteiger charge is -2.43. The number of amides is 2. The quantitative estimate of drug-likeness (QED) is 0.0868. The first-order valence-electron chi connectivity index (χ1n) is 23.3. The fourth-order valence-electron chi connectivity index (χ4n) is 10.3. The number of hydrogen-bond acceptors (Lipinski definition) is 12. The smallest absolute Gasteiger partial charge is 0.293 e. The molecule has 4 heterocycles. The van der Waals surface area contributed by atoms with E-state index in [2.05, 4.69) is 56.0 Å². The van der Waals surface area contributed by atoms with E-state index in [1.54, 1.807) is 30.3 Å². The van der Waals surface area contributed by atoms with Gasteiger partial charge in [0.15, 0.2) is 0 Å². The highest BCUT2D eigenvalue weighted by Gasteiger charge is 2.36. The fourth-order valence-corrected chi connectivity index (χ4v) is 11.4. The maximum Gasteiger partial charge on any atom is 0.293 e. The van der Waals surface area contributed by atoms with Gasteiger partial charge in [-0.3, -0.25) is 24.6 Å². The summed E-state index contributed by atoms with van der Waals surface area (Å²) in [5.41, 5.74) is 6.22. The Hall–Kier alpha value is -5.52. The number of hydrogen-bond donors (Lipinski definition) is 3. The average Bonchev–Trinajstić information content (AvgIpc) is 3.72. The number of fused-ring (bicyclic) bond motifs is 1. The van der Waals surface area contributed by atoms with Gasteiger partial charge in [-0.25, -0.2) is 13.1 Å². The number of carbonyl (C=O) groups excluding carboxylic acids is 2. The Morgan fingerprint density at radius 2 is 1.69 bits per heavy atom. The summed E-state index contributed by atoms with van der Waals surface area (Å²) in [6, 6.07) is 22.3. The molecule has 17 heteroatoms. The van der Waals surface area contributed by atoms with Crippen LogP contribution in [0.4, 0.5) is 22.7 Å². The Kier molecular flexibility index (Phi) is 13.6. The lowest BCUT2D eigenvalue weighted by Crippen LogP contribution is -2.50. The molecule has 0 saturated carbocycles. The minimum Gasteiger partial charge on any atom is -0.456 e. The second kappa shape index (κ2) is 19.6. The van der Waals surface area contributed by atoms with Crippen LogP contribution in [0.25, 0.3) is 5.57 Å². The van der Waals surface area contributed by atoms with Crippen molar-refractivity contribution in [2.75, 3.05) is 74.1 Å². The molecule has 0 aromatic heterocycles. The van der Waals surface area contributed by atoms with Gasteiger partial charge in [-0.05, 0) is 123 Å². The van der Waals surface area contributed by atoms with Gasteiger partial charge < -0.3 is 29.9 Å². The number of ether oxygens (including phenoxy) is 2. The Morgan fingerprint density at radius 3 is 2.42 bits per heavy atom. The van der Waals surface area contributed by atoms with Gasteiger partial charge >= 0.3 is 0 Å². The zero-order valence-corrected chi connectivity index (χ0v) is 39.6. The molecule has 0 spiro atoms. The summed E-state index contributed by atoms with van der Waals surface area (Å²) >= 11 is 6.26. The highest BCUT2D eigenvalue weighted by atomic mass is 35.5. The molecule has 67 heavy (non-hydrogen) atoms. The molecule has 0 bridgehead atoms. The van der Waals surface area contributed by atoms with Crippen LogP contribution >= 0.6 is 11.6 Å². The van der Waals surface area contributed by atoms with Gasteiger partial charge in [-0.15, -0.1) is 0 Å². The number of sulfonamides is 1. The molecule has 3 saturated heterocycles. The number of nitro benzene ring substituents is 1. The Bertz CT molecular complexity index is 2660. The molecule has 5 aliphatic rings. The summed E-state index contributed by atoms with van der Waals surface area (Å²) in [7, 11) is -4.63. The first-order valence-corrected chi connectivity index (χ1v) is 25.2. The highest BCUT2D eigenvalue weighted by molar-refractivity contribution is 7.90. The molecule has 0 radical (unpaired) electrons. The first-order chi connectivity index (χ1) is 32.2. The Morgan fingerprint density at radius 1 is 0.955 bits per heavy atom. The summed E-state index contributed by atoms with van der Waals surface area (Å²) < 4.78 is 42.4. The number of carbonyl (C=O) groups is 2. The summed E-state index contributed by atoms with van der Waals surface area (Å²) in [4.78, 5) is 45.2. The number of piperidine rings is 1. The largest absolute Gasteiger partial charge is 0.456 e. The third-order valence-electron chi connectivity index (χ3n) is 13.9. The number of piperazine rings is 1. The molecule has 0 unspecified atom stereocenters. The molecular weight excluding hydrogens is 894 g/mol. The summed E-state index contributed by atoms with van der Waals surface area (Å²) in [5, 5.41) is 19.6. The third kappa shape index (κ3) is 10.5. The molecule has 9 rings (SSSR count). The van der Waals surface area contributed by atoms with Crippen molar-refractivity contribution in [3.8, 4) is 11.5 Å². The van der Waals surface area contributed by atoms with E-state index in [9.17, 15) is 28.1 Å². The molecule has 4 aromatic rings. The molecule has 0 atom stereocenters. The van der Waals surface area contributed by atoms with Gasteiger partial charge in [0.2, 0.25) is 5.91 Å². The molecule has 3 fully saturated rings. The van der Waals surface area contributed by atoms with Gasteiger partial charge in [0.1, 0.15) is 17.2 Å². The van der Waals surface area contributed by atoms with Crippen LogP contribution in [0.5, 0.6) is 11.5 Å². The molecule has 2 amide bonds. The summed E-state index contributed by atoms with van der Waals surface area (Å²) in [5.74, 6) is -0.720. The standard InChI is InChI=1S/C50H58ClN7O8S/c1-50(2)19-14-34(42(31-50)33-6-8-35(51)9-7-33)32-55-22-24-56(25-23-55)38-10-12-40(47(28-38)66-46-5-3-4-43-41(46)30-48(59)53-43)49(60)54-67(63,64)39-11-13-44(45(29-39)58(61)62)57(36-15-20-52-21-16-36)37-17-26-65-27-18-37/h3-13,28-29,36-37,52H,14-27,30-32H2,1-2H3,(H,53,59)(H,54,60). The van der Waals surface area contributed by atoms with E-state index in [-0.39, 0.29) is 46.8 Å². The molecule has 3 N–H and O–H groups in total. The van der Waals surface area contributed by atoms with Crippen molar-refractivity contribution < 1.29 is 32.4 Å². The van der Waals surface area contributed by atoms with E-state index in [4.69, 9.17) is 21.1 Å². The summed E-state index contributed by atoms with van der Waals surface area (Å²) in [6.45, 7) is 11.1. The predicted molar refractivity (Wildman–Crippen MR) is 260 cm³/mol. The maximum atomic E-state index is 14.2. The SMILES string of the molecule is CC1(C)CCC(CN2CCN(c3ccc(C(=O)NS(=O)(=O)c4ccc(N(C5CCNCC5)C5CCOCC5)c([N+](=O)[O-])c4)c(Oc4cccc5c4CC(=O)N5)c3)CC2)=C(c2ccc(Cl)cc2)C1. The van der Waals surface area contributed by atoms with E-state index in [1.165, 1.54) is 34.9 Å². The van der Waals surface area contributed by atoms with E-state index in [0.29, 0.717) is 61.8 Å². The second-order valence-corrected chi connectivity index (χ2v) is 21.2. The predicted octanol–water partition coefficient (Wildman–Crippen LogP) is 8.18. The van der Waals surface area contributed by atoms with Crippen LogP contribution in [0.15, 0.2) is 89.3 Å². The number of nitro groups is 1. The number of nitrogens with one attached hydrogen (secondary N) is 3. The van der Waals surface area contributed by atoms with Crippen LogP contribution in [-0.2, 0) is 26.0 Å². The van der Waals surface area contributed by atoms with Crippen molar-refractivity contribution in [3.05, 3.63) is 116 Å². The average molecular weight is 953 g/mol. The van der Waals surface area contributed by atoms with E-state index in [1.807, 2.05) is 12.1 Å². The van der Waals surface area contributed by atoms with Gasteiger partial charge in [-0.1, -0.05) is 49.2 Å². The number of rotatable bonds is 13. The van der Waals surface area contributed by atoms with Crippen LogP contribution in [-0.4, -0.2) is 101 Å². The molecule has 15 nitrogen and oxygen atoms in total. The second-order valence-electron chi connectivity index (χ2n) is 19.1. The van der Waals surface area contributed by atoms with Crippen LogP contribution in [0.3, 0.4) is 0 Å². The Balaban J connectivity index is 0.967. The lowest BCUT2D eigenvalue weighted by atomic mass is 9.72. The van der Waals surface area contributed by atoms with Crippen molar-refractivity contribution >= 4 is 61.8 Å². The number of benzene rings is 4. The molecular formula is C50H58ClN7O8S. The Labute approximate surface area is 397 Å². The van der Waals surface area contributed by atoms with Crippen molar-refractivity contribution in [2.24, 2.45) is 5.41 Å². The van der Waals surface area contributed by atoms with E-state index >= 15 is 0 Å². The van der Waals surface area contributed by atoms with Crippen molar-refractivity contribution in [3.63, 3.8) is 0 Å². The third-order valence-corrected chi connectivity index (χ3v) is 15.5. The zero-order valence-electron chi connectivity index (χ0n) is 38.0. The number of nitrogens with zero attached hydrogens (tertiary/aromatic N) is 4. The minimum atomic E-state index is -4.63. The maximum absolute atomic E-state index is 14.2. The van der Waals surface area contributed by atoms with E-state index < -0.39 is 25.7 Å². The van der Waals surface area contributed by atoms with Gasteiger partial charge in [0.25, 0.3) is 21.6 Å². The van der Waals surface area contributed by atoms with Crippen LogP contribution in [0, 0.1) is 15.5 Å².